The number of hydrogen-bond donors (Lipinski definition) is 0. The molecule has 1 saturated heterocycles. The number of methoxy groups -OCH3 is 1. The van der Waals surface area contributed by atoms with Gasteiger partial charge in [-0.05, 0) is 13.8 Å². The van der Waals surface area contributed by atoms with E-state index in [2.05, 4.69) is 34.7 Å². The first-order valence-corrected chi connectivity index (χ1v) is 6.24. The van der Waals surface area contributed by atoms with Crippen molar-refractivity contribution in [1.82, 2.24) is 4.90 Å². The predicted molar refractivity (Wildman–Crippen MR) is 61.0 cm³/mol. The summed E-state index contributed by atoms with van der Waals surface area (Å²) in [4.78, 5) is 2.43. The van der Waals surface area contributed by atoms with Crippen molar-refractivity contribution in [2.75, 3.05) is 32.1 Å². The summed E-state index contributed by atoms with van der Waals surface area (Å²) >= 11 is 3.46. The van der Waals surface area contributed by atoms with Gasteiger partial charge in [0.15, 0.2) is 0 Å². The third-order valence-corrected chi connectivity index (χ3v) is 3.42. The Hall–Kier alpha value is 0.360. The highest BCUT2D eigenvalue weighted by Crippen LogP contribution is 2.13. The number of halogens is 1. The fraction of sp³-hybridized carbons (Fsp3) is 1.00. The zero-order valence-electron chi connectivity index (χ0n) is 9.20. The summed E-state index contributed by atoms with van der Waals surface area (Å²) < 4.78 is 10.9. The van der Waals surface area contributed by atoms with E-state index >= 15 is 0 Å². The molecule has 0 aliphatic carbocycles. The number of alkyl halides is 1. The van der Waals surface area contributed by atoms with E-state index in [1.165, 1.54) is 0 Å². The van der Waals surface area contributed by atoms with E-state index in [1.54, 1.807) is 7.11 Å². The molecule has 4 heteroatoms. The predicted octanol–water partition coefficient (Wildman–Crippen LogP) is 1.51. The molecule has 84 valence electrons. The van der Waals surface area contributed by atoms with E-state index in [1.807, 2.05) is 0 Å². The highest BCUT2D eigenvalue weighted by Gasteiger charge is 2.26. The average molecular weight is 266 g/mol. The van der Waals surface area contributed by atoms with Gasteiger partial charge in [0.2, 0.25) is 0 Å². The summed E-state index contributed by atoms with van der Waals surface area (Å²) in [7, 11) is 1.76. The zero-order valence-corrected chi connectivity index (χ0v) is 10.8. The van der Waals surface area contributed by atoms with Crippen LogP contribution in [0.2, 0.25) is 0 Å². The van der Waals surface area contributed by atoms with Crippen LogP contribution in [0, 0.1) is 0 Å². The van der Waals surface area contributed by atoms with Gasteiger partial charge < -0.3 is 9.47 Å². The van der Waals surface area contributed by atoms with Gasteiger partial charge in [-0.15, -0.1) is 0 Å². The van der Waals surface area contributed by atoms with Crippen LogP contribution in [0.4, 0.5) is 0 Å². The zero-order chi connectivity index (χ0) is 10.6. The Morgan fingerprint density at radius 3 is 2.93 bits per heavy atom. The molecule has 0 radical (unpaired) electrons. The van der Waals surface area contributed by atoms with Crippen LogP contribution in [-0.4, -0.2) is 55.3 Å². The first-order chi connectivity index (χ1) is 6.67. The minimum atomic E-state index is 0.298. The molecule has 14 heavy (non-hydrogen) atoms. The second-order valence-corrected chi connectivity index (χ2v) is 4.61. The Kier molecular flexibility index (Phi) is 5.38. The van der Waals surface area contributed by atoms with Gasteiger partial charge >= 0.3 is 0 Å². The monoisotopic (exact) mass is 265 g/mol. The quantitative estimate of drug-likeness (QED) is 0.720. The normalized spacial score (nSPS) is 31.7. The van der Waals surface area contributed by atoms with Crippen molar-refractivity contribution in [3.63, 3.8) is 0 Å². The lowest BCUT2D eigenvalue weighted by Crippen LogP contribution is -2.51. The van der Waals surface area contributed by atoms with Gasteiger partial charge in [-0.25, -0.2) is 0 Å². The molecule has 3 atom stereocenters. The number of morpholine rings is 1. The molecule has 0 amide bonds. The summed E-state index contributed by atoms with van der Waals surface area (Å²) in [5.41, 5.74) is 0. The van der Waals surface area contributed by atoms with Gasteiger partial charge in [0.05, 0.1) is 18.8 Å². The van der Waals surface area contributed by atoms with Crippen LogP contribution in [0.15, 0.2) is 0 Å². The molecule has 0 spiro atoms. The maximum absolute atomic E-state index is 5.66. The lowest BCUT2D eigenvalue weighted by Gasteiger charge is -2.38. The number of rotatable bonds is 4. The molecule has 0 aromatic carbocycles. The minimum Gasteiger partial charge on any atom is -0.380 e. The van der Waals surface area contributed by atoms with Crippen LogP contribution in [-0.2, 0) is 9.47 Å². The smallest absolute Gasteiger partial charge is 0.0799 e. The van der Waals surface area contributed by atoms with Crippen molar-refractivity contribution < 1.29 is 9.47 Å². The summed E-state index contributed by atoms with van der Waals surface area (Å²) in [6, 6.07) is 0.503. The molecule has 3 unspecified atom stereocenters. The summed E-state index contributed by atoms with van der Waals surface area (Å²) in [5, 5.41) is 0.914. The summed E-state index contributed by atoms with van der Waals surface area (Å²) in [6.07, 6.45) is 0.627. The van der Waals surface area contributed by atoms with Crippen LogP contribution >= 0.6 is 15.9 Å². The van der Waals surface area contributed by atoms with Gasteiger partial charge in [0.25, 0.3) is 0 Å². The number of nitrogens with zero attached hydrogens (tertiary/aromatic N) is 1. The van der Waals surface area contributed by atoms with E-state index in [4.69, 9.17) is 9.47 Å². The van der Waals surface area contributed by atoms with E-state index in [0.717, 1.165) is 25.0 Å². The second kappa shape index (κ2) is 6.05. The maximum Gasteiger partial charge on any atom is 0.0799 e. The van der Waals surface area contributed by atoms with Crippen LogP contribution in [0.5, 0.6) is 0 Å². The number of hydrogen-bond acceptors (Lipinski definition) is 3. The molecule has 0 aromatic rings. The molecule has 0 bridgehead atoms. The molecule has 1 aliphatic rings. The Morgan fingerprint density at radius 2 is 2.36 bits per heavy atom. The Balaban J connectivity index is 2.40. The van der Waals surface area contributed by atoms with Crippen molar-refractivity contribution in [3.05, 3.63) is 0 Å². The van der Waals surface area contributed by atoms with Crippen molar-refractivity contribution in [2.45, 2.75) is 32.1 Å². The van der Waals surface area contributed by atoms with Crippen molar-refractivity contribution in [1.29, 1.82) is 0 Å². The third-order valence-electron chi connectivity index (χ3n) is 2.70. The van der Waals surface area contributed by atoms with Gasteiger partial charge in [0, 0.05) is 31.6 Å². The second-order valence-electron chi connectivity index (χ2n) is 3.96. The molecule has 1 aliphatic heterocycles. The molecule has 0 N–H and O–H groups in total. The SMILES string of the molecule is COC(C)CN1CC(CBr)OCC1C. The molecule has 1 fully saturated rings. The van der Waals surface area contributed by atoms with Gasteiger partial charge in [-0.1, -0.05) is 15.9 Å². The van der Waals surface area contributed by atoms with Gasteiger partial charge in [-0.2, -0.15) is 0 Å². The van der Waals surface area contributed by atoms with Crippen molar-refractivity contribution >= 4 is 15.9 Å². The highest BCUT2D eigenvalue weighted by molar-refractivity contribution is 9.09. The fourth-order valence-corrected chi connectivity index (χ4v) is 2.02. The van der Waals surface area contributed by atoms with Gasteiger partial charge in [-0.3, -0.25) is 4.90 Å². The Bertz CT molecular complexity index is 166. The van der Waals surface area contributed by atoms with Crippen LogP contribution < -0.4 is 0 Å². The van der Waals surface area contributed by atoms with E-state index < -0.39 is 0 Å². The minimum absolute atomic E-state index is 0.298. The average Bonchev–Trinajstić information content (AvgIpc) is 2.21. The van der Waals surface area contributed by atoms with Crippen molar-refractivity contribution in [3.8, 4) is 0 Å². The summed E-state index contributed by atoms with van der Waals surface area (Å²) in [6.45, 7) is 7.12. The Morgan fingerprint density at radius 1 is 1.64 bits per heavy atom. The first-order valence-electron chi connectivity index (χ1n) is 5.11. The van der Waals surface area contributed by atoms with Gasteiger partial charge in [0.1, 0.15) is 0 Å². The molecule has 3 nitrogen and oxygen atoms in total. The molecule has 1 heterocycles. The molecular weight excluding hydrogens is 246 g/mol. The van der Waals surface area contributed by atoms with Crippen LogP contribution in [0.3, 0.4) is 0 Å². The summed E-state index contributed by atoms with van der Waals surface area (Å²) in [5.74, 6) is 0. The molecular formula is C10H20BrNO2. The molecule has 0 saturated carbocycles. The standard InChI is InChI=1S/C10H20BrNO2/c1-8-7-14-10(4-11)6-12(8)5-9(2)13-3/h8-10H,4-7H2,1-3H3. The van der Waals surface area contributed by atoms with Crippen LogP contribution in [0.25, 0.3) is 0 Å². The largest absolute Gasteiger partial charge is 0.380 e. The van der Waals surface area contributed by atoms with Crippen LogP contribution in [0.1, 0.15) is 13.8 Å². The lowest BCUT2D eigenvalue weighted by atomic mass is 10.2. The number of ether oxygens (including phenoxy) is 2. The third kappa shape index (κ3) is 3.50. The first kappa shape index (κ1) is 12.4. The lowest BCUT2D eigenvalue weighted by molar-refractivity contribution is -0.0613. The molecule has 0 aromatic heterocycles. The van der Waals surface area contributed by atoms with E-state index in [0.29, 0.717) is 18.2 Å². The van der Waals surface area contributed by atoms with E-state index in [-0.39, 0.29) is 0 Å². The van der Waals surface area contributed by atoms with Crippen molar-refractivity contribution in [2.24, 2.45) is 0 Å². The van der Waals surface area contributed by atoms with E-state index in [9.17, 15) is 0 Å². The topological polar surface area (TPSA) is 21.7 Å². The maximum atomic E-state index is 5.66. The fourth-order valence-electron chi connectivity index (χ4n) is 1.63. The highest BCUT2D eigenvalue weighted by atomic mass is 79.9. The molecule has 1 rings (SSSR count). The Labute approximate surface area is 94.9 Å².